The van der Waals surface area contributed by atoms with E-state index < -0.39 is 0 Å². The van der Waals surface area contributed by atoms with Gasteiger partial charge in [-0.2, -0.15) is 0 Å². The summed E-state index contributed by atoms with van der Waals surface area (Å²) in [7, 11) is 1.94. The first-order chi connectivity index (χ1) is 16.1. The topological polar surface area (TPSA) is 45.7 Å². The molecule has 3 aliphatic rings. The maximum absolute atomic E-state index is 12.9. The Kier molecular flexibility index (Phi) is 6.86. The third kappa shape index (κ3) is 4.75. The van der Waals surface area contributed by atoms with E-state index in [1.807, 2.05) is 35.5 Å². The highest BCUT2D eigenvalue weighted by molar-refractivity contribution is 7.12. The van der Waals surface area contributed by atoms with Gasteiger partial charge in [0, 0.05) is 55.1 Å². The molecule has 0 radical (unpaired) electrons. The third-order valence-electron chi connectivity index (χ3n) is 7.96. The zero-order valence-corrected chi connectivity index (χ0v) is 21.0. The predicted molar refractivity (Wildman–Crippen MR) is 133 cm³/mol. The van der Waals surface area contributed by atoms with Gasteiger partial charge in [-0.25, -0.2) is 0 Å². The lowest BCUT2D eigenvalue weighted by molar-refractivity contribution is -0.0981. The average Bonchev–Trinajstić information content (AvgIpc) is 3.31. The lowest BCUT2D eigenvalue weighted by Crippen LogP contribution is -2.45. The molecule has 1 amide bonds. The van der Waals surface area contributed by atoms with Crippen LogP contribution in [0.1, 0.15) is 83.2 Å². The molecule has 0 bridgehead atoms. The Bertz CT molecular complexity index is 956. The normalized spacial score (nSPS) is 21.2. The van der Waals surface area contributed by atoms with Crippen LogP contribution in [0.25, 0.3) is 0 Å². The molecule has 1 saturated carbocycles. The number of amides is 1. The summed E-state index contributed by atoms with van der Waals surface area (Å²) in [6.45, 7) is 6.04. The highest BCUT2D eigenvalue weighted by Crippen LogP contribution is 2.44. The Balaban J connectivity index is 1.18. The lowest BCUT2D eigenvalue weighted by atomic mass is 9.82. The van der Waals surface area contributed by atoms with Gasteiger partial charge in [0.2, 0.25) is 0 Å². The van der Waals surface area contributed by atoms with E-state index in [1.165, 1.54) is 35.3 Å². The van der Waals surface area contributed by atoms with Crippen molar-refractivity contribution in [3.05, 3.63) is 51.0 Å². The molecule has 2 aliphatic heterocycles. The minimum atomic E-state index is -0.0771. The number of ether oxygens (including phenoxy) is 1. The van der Waals surface area contributed by atoms with E-state index in [-0.39, 0.29) is 11.5 Å². The van der Waals surface area contributed by atoms with Gasteiger partial charge in [-0.3, -0.25) is 14.7 Å². The van der Waals surface area contributed by atoms with Crippen LogP contribution in [0.4, 0.5) is 0 Å². The van der Waals surface area contributed by atoms with Crippen LogP contribution in [-0.4, -0.2) is 53.5 Å². The Morgan fingerprint density at radius 2 is 2.03 bits per heavy atom. The van der Waals surface area contributed by atoms with Crippen LogP contribution in [-0.2, 0) is 29.7 Å². The summed E-state index contributed by atoms with van der Waals surface area (Å²) in [5, 5.41) is 0. The summed E-state index contributed by atoms with van der Waals surface area (Å²) in [6.07, 6.45) is 12.2. The maximum atomic E-state index is 12.9. The zero-order valence-electron chi connectivity index (χ0n) is 20.1. The third-order valence-corrected chi connectivity index (χ3v) is 9.30. The Labute approximate surface area is 202 Å². The first kappa shape index (κ1) is 23.0. The highest BCUT2D eigenvalue weighted by Gasteiger charge is 2.41. The molecule has 1 saturated heterocycles. The number of nitrogens with zero attached hydrogens (tertiary/aromatic N) is 3. The number of piperidine rings is 1. The van der Waals surface area contributed by atoms with Crippen molar-refractivity contribution in [1.82, 2.24) is 14.8 Å². The number of pyridine rings is 1. The van der Waals surface area contributed by atoms with E-state index in [9.17, 15) is 4.79 Å². The number of thiophene rings is 1. The number of rotatable bonds is 5. The van der Waals surface area contributed by atoms with Crippen molar-refractivity contribution >= 4 is 17.2 Å². The standard InChI is InChI=1S/C27H37N3O2S/c1-3-22-17-23-25(33-22)11-16-32-27(23)12-14-30(15-13-27)19-20-9-10-24(28-18-20)26(31)29(2)21-7-5-4-6-8-21/h9-10,17-18,21H,3-8,11-16,19H2,1-2H3. The number of carbonyl (C=O) groups excluding carboxylic acids is 1. The van der Waals surface area contributed by atoms with Crippen LogP contribution in [0.2, 0.25) is 0 Å². The largest absolute Gasteiger partial charge is 0.370 e. The molecule has 0 unspecified atom stereocenters. The van der Waals surface area contributed by atoms with Crippen molar-refractivity contribution in [1.29, 1.82) is 0 Å². The number of carbonyl (C=O) groups is 1. The first-order valence-corrected chi connectivity index (χ1v) is 13.6. The van der Waals surface area contributed by atoms with Crippen molar-refractivity contribution < 1.29 is 9.53 Å². The van der Waals surface area contributed by atoms with Crippen LogP contribution in [0.5, 0.6) is 0 Å². The highest BCUT2D eigenvalue weighted by atomic mass is 32.1. The van der Waals surface area contributed by atoms with Crippen LogP contribution in [0.15, 0.2) is 24.4 Å². The Hall–Kier alpha value is -1.76. The summed E-state index contributed by atoms with van der Waals surface area (Å²) in [6, 6.07) is 6.78. The second-order valence-corrected chi connectivity index (χ2v) is 11.3. The molecule has 2 aromatic heterocycles. The number of hydrogen-bond donors (Lipinski definition) is 0. The van der Waals surface area contributed by atoms with Gasteiger partial charge in [0.25, 0.3) is 5.91 Å². The lowest BCUT2D eigenvalue weighted by Gasteiger charge is -2.44. The molecular formula is C27H37N3O2S. The van der Waals surface area contributed by atoms with E-state index >= 15 is 0 Å². The summed E-state index contributed by atoms with van der Waals surface area (Å²) < 4.78 is 6.43. The SMILES string of the molecule is CCc1cc2c(s1)CCOC21CCN(Cc2ccc(C(=O)N(C)C3CCCCC3)nc2)CC1. The number of likely N-dealkylation sites (tertiary alicyclic amines) is 1. The molecule has 0 N–H and O–H groups in total. The van der Waals surface area contributed by atoms with Crippen LogP contribution in [0.3, 0.4) is 0 Å². The second kappa shape index (κ2) is 9.85. The minimum Gasteiger partial charge on any atom is -0.370 e. The summed E-state index contributed by atoms with van der Waals surface area (Å²) in [4.78, 5) is 24.9. The molecule has 2 fully saturated rings. The van der Waals surface area contributed by atoms with E-state index in [0.29, 0.717) is 11.7 Å². The van der Waals surface area contributed by atoms with Gasteiger partial charge in [0.05, 0.1) is 12.2 Å². The smallest absolute Gasteiger partial charge is 0.272 e. The Morgan fingerprint density at radius 1 is 1.24 bits per heavy atom. The summed E-state index contributed by atoms with van der Waals surface area (Å²) in [5.41, 5.74) is 3.14. The maximum Gasteiger partial charge on any atom is 0.272 e. The number of aromatic nitrogens is 1. The molecule has 178 valence electrons. The average molecular weight is 468 g/mol. The fourth-order valence-electron chi connectivity index (χ4n) is 5.85. The van der Waals surface area contributed by atoms with Crippen LogP contribution < -0.4 is 0 Å². The van der Waals surface area contributed by atoms with Gasteiger partial charge in [0.1, 0.15) is 5.69 Å². The van der Waals surface area contributed by atoms with Gasteiger partial charge in [-0.15, -0.1) is 11.3 Å². The van der Waals surface area contributed by atoms with E-state index in [1.54, 1.807) is 4.88 Å². The quantitative estimate of drug-likeness (QED) is 0.608. The van der Waals surface area contributed by atoms with E-state index in [4.69, 9.17) is 4.74 Å². The fourth-order valence-corrected chi connectivity index (χ4v) is 7.03. The summed E-state index contributed by atoms with van der Waals surface area (Å²) in [5.74, 6) is 0.0563. The van der Waals surface area contributed by atoms with E-state index in [2.05, 4.69) is 28.9 Å². The van der Waals surface area contributed by atoms with Crippen LogP contribution >= 0.6 is 11.3 Å². The predicted octanol–water partition coefficient (Wildman–Crippen LogP) is 5.17. The molecule has 5 rings (SSSR count). The van der Waals surface area contributed by atoms with Gasteiger partial charge in [0.15, 0.2) is 0 Å². The fraction of sp³-hybridized carbons (Fsp3) is 0.630. The first-order valence-electron chi connectivity index (χ1n) is 12.8. The zero-order chi connectivity index (χ0) is 22.8. The van der Waals surface area contributed by atoms with Crippen molar-refractivity contribution in [2.45, 2.75) is 82.9 Å². The summed E-state index contributed by atoms with van der Waals surface area (Å²) >= 11 is 1.99. The van der Waals surface area contributed by atoms with Gasteiger partial charge >= 0.3 is 0 Å². The molecule has 1 aliphatic carbocycles. The molecule has 4 heterocycles. The molecule has 6 heteroatoms. The minimum absolute atomic E-state index is 0.0563. The number of aryl methyl sites for hydroxylation is 1. The molecular weight excluding hydrogens is 430 g/mol. The molecule has 0 atom stereocenters. The van der Waals surface area contributed by atoms with Crippen molar-refractivity contribution in [2.24, 2.45) is 0 Å². The second-order valence-electron chi connectivity index (χ2n) is 10.0. The molecule has 5 nitrogen and oxygen atoms in total. The van der Waals surface area contributed by atoms with Crippen molar-refractivity contribution in [3.8, 4) is 0 Å². The molecule has 33 heavy (non-hydrogen) atoms. The van der Waals surface area contributed by atoms with Crippen molar-refractivity contribution in [3.63, 3.8) is 0 Å². The van der Waals surface area contributed by atoms with Gasteiger partial charge < -0.3 is 9.64 Å². The number of fused-ring (bicyclic) bond motifs is 2. The van der Waals surface area contributed by atoms with Crippen molar-refractivity contribution in [2.75, 3.05) is 26.7 Å². The molecule has 0 aromatic carbocycles. The Morgan fingerprint density at radius 3 is 2.73 bits per heavy atom. The monoisotopic (exact) mass is 467 g/mol. The van der Waals surface area contributed by atoms with Gasteiger partial charge in [-0.05, 0) is 55.4 Å². The van der Waals surface area contributed by atoms with E-state index in [0.717, 1.165) is 64.8 Å². The number of hydrogen-bond acceptors (Lipinski definition) is 5. The van der Waals surface area contributed by atoms with Crippen LogP contribution in [0, 0.1) is 0 Å². The van der Waals surface area contributed by atoms with Gasteiger partial charge in [-0.1, -0.05) is 32.3 Å². The molecule has 2 aromatic rings. The molecule has 1 spiro atoms.